The van der Waals surface area contributed by atoms with Crippen LogP contribution in [0.1, 0.15) is 50.2 Å². The molecule has 5 nitrogen and oxygen atoms in total. The molecule has 3 N–H and O–H groups in total. The first-order valence-corrected chi connectivity index (χ1v) is 9.28. The number of carbonyl (C=O) groups excluding carboxylic acids is 1. The van der Waals surface area contributed by atoms with E-state index in [1.165, 1.54) is 12.1 Å². The Labute approximate surface area is 157 Å². The lowest BCUT2D eigenvalue weighted by molar-refractivity contribution is -0.137. The number of nitrogens with one attached hydrogen (secondary N) is 3. The van der Waals surface area contributed by atoms with E-state index in [2.05, 4.69) is 20.9 Å². The smallest absolute Gasteiger partial charge is 0.357 e. The summed E-state index contributed by atoms with van der Waals surface area (Å²) in [7, 11) is 0. The molecular formula is C19H27F3N4O. The zero-order valence-corrected chi connectivity index (χ0v) is 15.7. The van der Waals surface area contributed by atoms with Gasteiger partial charge < -0.3 is 16.0 Å². The summed E-state index contributed by atoms with van der Waals surface area (Å²) in [5.41, 5.74) is 0.0220. The quantitative estimate of drug-likeness (QED) is 0.477. The van der Waals surface area contributed by atoms with Crippen molar-refractivity contribution in [3.8, 4) is 0 Å². The second-order valence-corrected chi connectivity index (χ2v) is 6.78. The highest BCUT2D eigenvalue weighted by Crippen LogP contribution is 2.31. The summed E-state index contributed by atoms with van der Waals surface area (Å²) in [5, 5.41) is 9.06. The van der Waals surface area contributed by atoms with Crippen molar-refractivity contribution in [2.24, 2.45) is 4.99 Å². The molecule has 1 aliphatic rings. The first-order valence-electron chi connectivity index (χ1n) is 9.28. The van der Waals surface area contributed by atoms with E-state index in [-0.39, 0.29) is 18.4 Å². The van der Waals surface area contributed by atoms with Crippen molar-refractivity contribution >= 4 is 11.9 Å². The molecule has 1 aliphatic carbocycles. The fraction of sp³-hybridized carbons (Fsp3) is 0.579. The first-order chi connectivity index (χ1) is 12.8. The van der Waals surface area contributed by atoms with Crippen molar-refractivity contribution in [1.82, 2.24) is 16.0 Å². The number of guanidine groups is 1. The Balaban J connectivity index is 1.83. The lowest BCUT2D eigenvalue weighted by atomic mass is 9.96. The van der Waals surface area contributed by atoms with E-state index in [9.17, 15) is 18.0 Å². The Morgan fingerprint density at radius 1 is 1.30 bits per heavy atom. The largest absolute Gasteiger partial charge is 0.416 e. The standard InChI is InChI=1S/C19H27F3N4O/c1-3-23-18(25-12-17(27)26-16-7-8-16)24-10-9-13(2)14-5-4-6-15(11-14)19(20,21)22/h4-6,11,13,16H,3,7-10,12H2,1-2H3,(H,26,27)(H2,23,24,25). The number of halogens is 3. The van der Waals surface area contributed by atoms with Crippen LogP contribution in [-0.2, 0) is 11.0 Å². The SMILES string of the molecule is CCNC(=NCC(=O)NC1CC1)NCCC(C)c1cccc(C(F)(F)F)c1. The third kappa shape index (κ3) is 7.48. The maximum Gasteiger partial charge on any atom is 0.416 e. The number of carbonyl (C=O) groups is 1. The van der Waals surface area contributed by atoms with Crippen molar-refractivity contribution in [1.29, 1.82) is 0 Å². The van der Waals surface area contributed by atoms with Crippen LogP contribution in [0.3, 0.4) is 0 Å². The van der Waals surface area contributed by atoms with Crippen molar-refractivity contribution in [3.05, 3.63) is 35.4 Å². The molecule has 27 heavy (non-hydrogen) atoms. The summed E-state index contributed by atoms with van der Waals surface area (Å²) in [4.78, 5) is 16.0. The molecule has 2 rings (SSSR count). The summed E-state index contributed by atoms with van der Waals surface area (Å²) in [6.45, 7) is 5.05. The molecule has 1 unspecified atom stereocenters. The highest BCUT2D eigenvalue weighted by Gasteiger charge is 2.30. The highest BCUT2D eigenvalue weighted by molar-refractivity contribution is 5.85. The van der Waals surface area contributed by atoms with E-state index in [1.807, 2.05) is 13.8 Å². The van der Waals surface area contributed by atoms with Crippen molar-refractivity contribution in [2.45, 2.75) is 51.2 Å². The molecule has 0 bridgehead atoms. The minimum atomic E-state index is -4.33. The normalized spacial score (nSPS) is 16.0. The average Bonchev–Trinajstić information content (AvgIpc) is 3.43. The minimum Gasteiger partial charge on any atom is -0.357 e. The second kappa shape index (κ2) is 9.62. The van der Waals surface area contributed by atoms with Crippen LogP contribution in [0.2, 0.25) is 0 Å². The Hall–Kier alpha value is -2.25. The number of benzene rings is 1. The molecule has 1 aromatic carbocycles. The van der Waals surface area contributed by atoms with Gasteiger partial charge in [0, 0.05) is 19.1 Å². The van der Waals surface area contributed by atoms with E-state index in [4.69, 9.17) is 0 Å². The fourth-order valence-electron chi connectivity index (χ4n) is 2.59. The number of nitrogens with zero attached hydrogens (tertiary/aromatic N) is 1. The monoisotopic (exact) mass is 384 g/mol. The van der Waals surface area contributed by atoms with E-state index < -0.39 is 11.7 Å². The van der Waals surface area contributed by atoms with Gasteiger partial charge >= 0.3 is 6.18 Å². The maximum absolute atomic E-state index is 12.8. The Morgan fingerprint density at radius 3 is 2.67 bits per heavy atom. The van der Waals surface area contributed by atoms with Crippen LogP contribution in [0.25, 0.3) is 0 Å². The summed E-state index contributed by atoms with van der Waals surface area (Å²) >= 11 is 0. The summed E-state index contributed by atoms with van der Waals surface area (Å²) in [5.74, 6) is 0.382. The van der Waals surface area contributed by atoms with Gasteiger partial charge in [-0.15, -0.1) is 0 Å². The van der Waals surface area contributed by atoms with Crippen molar-refractivity contribution < 1.29 is 18.0 Å². The number of hydrogen-bond acceptors (Lipinski definition) is 2. The summed E-state index contributed by atoms with van der Waals surface area (Å²) < 4.78 is 38.5. The van der Waals surface area contributed by atoms with E-state index in [0.29, 0.717) is 37.1 Å². The topological polar surface area (TPSA) is 65.5 Å². The van der Waals surface area contributed by atoms with Gasteiger partial charge in [-0.2, -0.15) is 13.2 Å². The molecule has 1 fully saturated rings. The second-order valence-electron chi connectivity index (χ2n) is 6.78. The van der Waals surface area contributed by atoms with Gasteiger partial charge in [-0.05, 0) is 43.7 Å². The number of hydrogen-bond donors (Lipinski definition) is 3. The zero-order chi connectivity index (χ0) is 19.9. The molecular weight excluding hydrogens is 357 g/mol. The van der Waals surface area contributed by atoms with Crippen molar-refractivity contribution in [3.63, 3.8) is 0 Å². The molecule has 0 saturated heterocycles. The third-order valence-corrected chi connectivity index (χ3v) is 4.32. The predicted octanol–water partition coefficient (Wildman–Crippen LogP) is 3.03. The zero-order valence-electron chi connectivity index (χ0n) is 15.7. The van der Waals surface area contributed by atoms with Crippen molar-refractivity contribution in [2.75, 3.05) is 19.6 Å². The van der Waals surface area contributed by atoms with Crippen LogP contribution in [0, 0.1) is 0 Å². The lowest BCUT2D eigenvalue weighted by Crippen LogP contribution is -2.39. The number of aliphatic imine (C=N–C) groups is 1. The lowest BCUT2D eigenvalue weighted by Gasteiger charge is -2.16. The van der Waals surface area contributed by atoms with E-state index in [1.54, 1.807) is 6.07 Å². The molecule has 1 atom stereocenters. The number of rotatable bonds is 8. The predicted molar refractivity (Wildman–Crippen MR) is 99.6 cm³/mol. The molecule has 0 aliphatic heterocycles. The molecule has 0 radical (unpaired) electrons. The number of alkyl halides is 3. The molecule has 150 valence electrons. The summed E-state index contributed by atoms with van der Waals surface area (Å²) in [6.07, 6.45) is -1.64. The van der Waals surface area contributed by atoms with Crippen LogP contribution in [0.5, 0.6) is 0 Å². The van der Waals surface area contributed by atoms with Crippen LogP contribution >= 0.6 is 0 Å². The molecule has 0 heterocycles. The molecule has 0 aromatic heterocycles. The summed E-state index contributed by atoms with van der Waals surface area (Å²) in [6, 6.07) is 5.73. The molecule has 1 amide bonds. The minimum absolute atomic E-state index is 0.0409. The third-order valence-electron chi connectivity index (χ3n) is 4.32. The average molecular weight is 384 g/mol. The van der Waals surface area contributed by atoms with Crippen LogP contribution in [-0.4, -0.2) is 37.5 Å². The van der Waals surface area contributed by atoms with Crippen LogP contribution in [0.15, 0.2) is 29.3 Å². The molecule has 0 spiro atoms. The number of amides is 1. The Kier molecular flexibility index (Phi) is 7.50. The van der Waals surface area contributed by atoms with Gasteiger partial charge in [0.2, 0.25) is 5.91 Å². The van der Waals surface area contributed by atoms with Gasteiger partial charge in [0.25, 0.3) is 0 Å². The Bertz CT molecular complexity index is 657. The first kappa shape index (κ1) is 21.1. The van der Waals surface area contributed by atoms with Gasteiger partial charge in [-0.3, -0.25) is 4.79 Å². The van der Waals surface area contributed by atoms with Gasteiger partial charge in [-0.1, -0.05) is 25.1 Å². The molecule has 8 heteroatoms. The van der Waals surface area contributed by atoms with Crippen LogP contribution in [0.4, 0.5) is 13.2 Å². The van der Waals surface area contributed by atoms with Gasteiger partial charge in [0.1, 0.15) is 6.54 Å². The van der Waals surface area contributed by atoms with Gasteiger partial charge in [0.05, 0.1) is 5.56 Å². The molecule has 1 aromatic rings. The van der Waals surface area contributed by atoms with Gasteiger partial charge in [-0.25, -0.2) is 4.99 Å². The Morgan fingerprint density at radius 2 is 2.04 bits per heavy atom. The highest BCUT2D eigenvalue weighted by atomic mass is 19.4. The maximum atomic E-state index is 12.8. The van der Waals surface area contributed by atoms with E-state index >= 15 is 0 Å². The van der Waals surface area contributed by atoms with E-state index in [0.717, 1.165) is 18.9 Å². The fourth-order valence-corrected chi connectivity index (χ4v) is 2.59. The van der Waals surface area contributed by atoms with Gasteiger partial charge in [0.15, 0.2) is 5.96 Å². The molecule has 1 saturated carbocycles. The van der Waals surface area contributed by atoms with Crippen LogP contribution < -0.4 is 16.0 Å².